The van der Waals surface area contributed by atoms with Gasteiger partial charge in [-0.25, -0.2) is 8.42 Å². The van der Waals surface area contributed by atoms with Crippen molar-refractivity contribution in [1.82, 2.24) is 0 Å². The second kappa shape index (κ2) is 6.80. The maximum absolute atomic E-state index is 12.3. The Morgan fingerprint density at radius 3 is 2.50 bits per heavy atom. The molecule has 0 aromatic heterocycles. The van der Waals surface area contributed by atoms with Crippen LogP contribution in [-0.4, -0.2) is 21.2 Å². The van der Waals surface area contributed by atoms with E-state index in [-0.39, 0.29) is 21.9 Å². The van der Waals surface area contributed by atoms with Gasteiger partial charge in [0.25, 0.3) is 10.0 Å². The lowest BCUT2D eigenvalue weighted by Gasteiger charge is -2.14. The summed E-state index contributed by atoms with van der Waals surface area (Å²) >= 11 is 0. The lowest BCUT2D eigenvalue weighted by molar-refractivity contribution is -0.153. The van der Waals surface area contributed by atoms with Gasteiger partial charge in [-0.05, 0) is 30.3 Å². The van der Waals surface area contributed by atoms with Crippen molar-refractivity contribution in [2.75, 3.05) is 11.3 Å². The molecule has 0 atom stereocenters. The van der Waals surface area contributed by atoms with Crippen LogP contribution < -0.4 is 9.46 Å². The summed E-state index contributed by atoms with van der Waals surface area (Å²) in [4.78, 5) is -0.188. The number of nitrogens with zero attached hydrogens (tertiary/aromatic N) is 1. The molecule has 0 unspecified atom stereocenters. The van der Waals surface area contributed by atoms with E-state index in [2.05, 4.69) is 9.46 Å². The highest BCUT2D eigenvalue weighted by molar-refractivity contribution is 7.92. The van der Waals surface area contributed by atoms with E-state index in [0.717, 1.165) is 6.07 Å². The van der Waals surface area contributed by atoms with E-state index >= 15 is 0 Å². The first kappa shape index (κ1) is 17.6. The number of hydrogen-bond acceptors (Lipinski definition) is 4. The molecule has 1 N–H and O–H groups in total. The van der Waals surface area contributed by atoms with E-state index in [4.69, 9.17) is 5.26 Å². The summed E-state index contributed by atoms with van der Waals surface area (Å²) in [6.07, 6.45) is -4.55. The molecule has 0 spiro atoms. The van der Waals surface area contributed by atoms with Crippen LogP contribution in [0.3, 0.4) is 0 Å². The Labute approximate surface area is 136 Å². The molecular formula is C15H11F3N2O3S. The van der Waals surface area contributed by atoms with Crippen LogP contribution in [-0.2, 0) is 10.0 Å². The van der Waals surface area contributed by atoms with Crippen molar-refractivity contribution >= 4 is 15.7 Å². The minimum atomic E-state index is -4.55. The summed E-state index contributed by atoms with van der Waals surface area (Å²) in [5, 5.41) is 8.82. The Kier molecular flexibility index (Phi) is 4.99. The standard InChI is InChI=1S/C15H11F3N2O3S/c16-15(17,18)10-23-14-7-2-1-6-13(14)20-24(21,22)12-5-3-4-11(8-12)9-19/h1-8,20H,10H2. The van der Waals surface area contributed by atoms with E-state index < -0.39 is 22.8 Å². The lowest BCUT2D eigenvalue weighted by atomic mass is 10.2. The number of anilines is 1. The van der Waals surface area contributed by atoms with Crippen molar-refractivity contribution in [3.05, 3.63) is 54.1 Å². The van der Waals surface area contributed by atoms with Gasteiger partial charge >= 0.3 is 6.18 Å². The number of halogens is 3. The summed E-state index contributed by atoms with van der Waals surface area (Å²) < 4.78 is 68.2. The number of nitriles is 1. The first-order valence-corrected chi connectivity index (χ1v) is 8.01. The number of benzene rings is 2. The highest BCUT2D eigenvalue weighted by Gasteiger charge is 2.29. The van der Waals surface area contributed by atoms with E-state index in [1.165, 1.54) is 42.5 Å². The van der Waals surface area contributed by atoms with Crippen LogP contribution in [0.2, 0.25) is 0 Å². The van der Waals surface area contributed by atoms with Crippen LogP contribution in [0, 0.1) is 11.3 Å². The van der Waals surface area contributed by atoms with Crippen molar-refractivity contribution in [2.45, 2.75) is 11.1 Å². The maximum Gasteiger partial charge on any atom is 0.422 e. The molecule has 5 nitrogen and oxygen atoms in total. The van der Waals surface area contributed by atoms with Gasteiger partial charge in [0, 0.05) is 0 Å². The molecule has 0 amide bonds. The minimum Gasteiger partial charge on any atom is -0.482 e. The third-order valence-corrected chi connectivity index (χ3v) is 4.16. The highest BCUT2D eigenvalue weighted by atomic mass is 32.2. The van der Waals surface area contributed by atoms with Crippen molar-refractivity contribution in [1.29, 1.82) is 5.26 Å². The molecule has 0 aliphatic rings. The molecule has 2 rings (SSSR count). The van der Waals surface area contributed by atoms with E-state index in [1.54, 1.807) is 0 Å². The molecule has 9 heteroatoms. The average molecular weight is 356 g/mol. The van der Waals surface area contributed by atoms with Gasteiger partial charge in [0.1, 0.15) is 5.75 Å². The SMILES string of the molecule is N#Cc1cccc(S(=O)(=O)Nc2ccccc2OCC(F)(F)F)c1. The number of nitrogens with one attached hydrogen (secondary N) is 1. The third kappa shape index (κ3) is 4.63. The molecule has 24 heavy (non-hydrogen) atoms. The second-order valence-electron chi connectivity index (χ2n) is 4.65. The fraction of sp³-hybridized carbons (Fsp3) is 0.133. The molecular weight excluding hydrogens is 345 g/mol. The maximum atomic E-state index is 12.3. The van der Waals surface area contributed by atoms with Crippen LogP contribution >= 0.6 is 0 Å². The monoisotopic (exact) mass is 356 g/mol. The number of para-hydroxylation sites is 2. The zero-order valence-electron chi connectivity index (χ0n) is 12.0. The first-order chi connectivity index (χ1) is 11.2. The van der Waals surface area contributed by atoms with Crippen LogP contribution in [0.15, 0.2) is 53.4 Å². The van der Waals surface area contributed by atoms with Gasteiger partial charge in [-0.2, -0.15) is 18.4 Å². The van der Waals surface area contributed by atoms with E-state index in [1.807, 2.05) is 6.07 Å². The van der Waals surface area contributed by atoms with Gasteiger partial charge in [-0.15, -0.1) is 0 Å². The fourth-order valence-electron chi connectivity index (χ4n) is 1.77. The molecule has 0 aliphatic carbocycles. The molecule has 0 radical (unpaired) electrons. The van der Waals surface area contributed by atoms with Crippen LogP contribution in [0.1, 0.15) is 5.56 Å². The normalized spacial score (nSPS) is 11.6. The lowest BCUT2D eigenvalue weighted by Crippen LogP contribution is -2.20. The zero-order chi connectivity index (χ0) is 17.8. The van der Waals surface area contributed by atoms with Gasteiger partial charge in [0.15, 0.2) is 6.61 Å². The Hall–Kier alpha value is -2.73. The van der Waals surface area contributed by atoms with Gasteiger partial charge < -0.3 is 4.74 Å². The Morgan fingerprint density at radius 1 is 1.12 bits per heavy atom. The Morgan fingerprint density at radius 2 is 1.83 bits per heavy atom. The molecule has 2 aromatic rings. The smallest absolute Gasteiger partial charge is 0.422 e. The Balaban J connectivity index is 2.28. The van der Waals surface area contributed by atoms with E-state index in [0.29, 0.717) is 0 Å². The quantitative estimate of drug-likeness (QED) is 0.891. The summed E-state index contributed by atoms with van der Waals surface area (Å²) in [6.45, 7) is -1.55. The predicted molar refractivity (Wildman–Crippen MR) is 80.0 cm³/mol. The van der Waals surface area contributed by atoms with Gasteiger partial charge in [0.2, 0.25) is 0 Å². The minimum absolute atomic E-state index is 0.135. The van der Waals surface area contributed by atoms with Gasteiger partial charge in [0.05, 0.1) is 22.2 Å². The molecule has 0 saturated heterocycles. The molecule has 0 fully saturated rings. The van der Waals surface area contributed by atoms with Crippen LogP contribution in [0.5, 0.6) is 5.75 Å². The second-order valence-corrected chi connectivity index (χ2v) is 6.33. The third-order valence-electron chi connectivity index (χ3n) is 2.80. The molecule has 0 heterocycles. The summed E-state index contributed by atoms with van der Waals surface area (Å²) in [5.41, 5.74) is 0.00333. The predicted octanol–water partition coefficient (Wildman–Crippen LogP) is 3.30. The molecule has 0 bridgehead atoms. The van der Waals surface area contributed by atoms with Crippen LogP contribution in [0.25, 0.3) is 0 Å². The van der Waals surface area contributed by atoms with E-state index in [9.17, 15) is 21.6 Å². The number of hydrogen-bond donors (Lipinski definition) is 1. The van der Waals surface area contributed by atoms with Crippen molar-refractivity contribution in [3.63, 3.8) is 0 Å². The number of alkyl halides is 3. The summed E-state index contributed by atoms with van der Waals surface area (Å²) in [6, 6.07) is 12.4. The molecule has 2 aromatic carbocycles. The largest absolute Gasteiger partial charge is 0.482 e. The fourth-order valence-corrected chi connectivity index (χ4v) is 2.89. The number of sulfonamides is 1. The molecule has 126 valence electrons. The van der Waals surface area contributed by atoms with Gasteiger partial charge in [-0.3, -0.25) is 4.72 Å². The molecule has 0 saturated carbocycles. The average Bonchev–Trinajstić information content (AvgIpc) is 2.53. The van der Waals surface area contributed by atoms with Crippen molar-refractivity contribution < 1.29 is 26.3 Å². The Bertz CT molecular complexity index is 874. The zero-order valence-corrected chi connectivity index (χ0v) is 12.9. The van der Waals surface area contributed by atoms with Crippen molar-refractivity contribution in [3.8, 4) is 11.8 Å². The number of ether oxygens (including phenoxy) is 1. The highest BCUT2D eigenvalue weighted by Crippen LogP contribution is 2.28. The van der Waals surface area contributed by atoms with Gasteiger partial charge in [-0.1, -0.05) is 18.2 Å². The molecule has 0 aliphatic heterocycles. The topological polar surface area (TPSA) is 79.2 Å². The van der Waals surface area contributed by atoms with Crippen molar-refractivity contribution in [2.24, 2.45) is 0 Å². The first-order valence-electron chi connectivity index (χ1n) is 6.53. The summed E-state index contributed by atoms with van der Waals surface area (Å²) in [5.74, 6) is -0.255. The summed E-state index contributed by atoms with van der Waals surface area (Å²) in [7, 11) is -4.08. The number of rotatable bonds is 5. The van der Waals surface area contributed by atoms with Crippen LogP contribution in [0.4, 0.5) is 18.9 Å².